The highest BCUT2D eigenvalue weighted by molar-refractivity contribution is 7.99. The molecule has 14 heavy (non-hydrogen) atoms. The topological polar surface area (TPSA) is 38.9 Å². The molecule has 78 valence electrons. The molecule has 1 atom stereocenters. The van der Waals surface area contributed by atoms with E-state index in [1.54, 1.807) is 23.9 Å². The normalized spacial score (nSPS) is 12.8. The molecule has 0 aliphatic heterocycles. The molecule has 0 bridgehead atoms. The summed E-state index contributed by atoms with van der Waals surface area (Å²) in [6, 6.07) is 3.51. The molecule has 0 amide bonds. The average molecular weight is 231 g/mol. The highest BCUT2D eigenvalue weighted by Crippen LogP contribution is 2.26. The molecule has 4 heteroatoms. The first-order chi connectivity index (χ1) is 6.63. The SMILES string of the molecule is CCC(C)CSc1nc(Cl)ccc1N. The Labute approximate surface area is 94.2 Å². The molecule has 1 heterocycles. The molecule has 0 saturated heterocycles. The van der Waals surface area contributed by atoms with E-state index in [9.17, 15) is 0 Å². The lowest BCUT2D eigenvalue weighted by Gasteiger charge is -2.08. The van der Waals surface area contributed by atoms with Gasteiger partial charge in [0.2, 0.25) is 0 Å². The van der Waals surface area contributed by atoms with Gasteiger partial charge in [-0.25, -0.2) is 4.98 Å². The lowest BCUT2D eigenvalue weighted by Crippen LogP contribution is -1.98. The predicted molar refractivity (Wildman–Crippen MR) is 63.8 cm³/mol. The molecule has 0 aliphatic rings. The van der Waals surface area contributed by atoms with Gasteiger partial charge < -0.3 is 5.73 Å². The zero-order valence-electron chi connectivity index (χ0n) is 8.46. The molecule has 0 radical (unpaired) electrons. The van der Waals surface area contributed by atoms with E-state index in [1.165, 1.54) is 6.42 Å². The minimum atomic E-state index is 0.505. The van der Waals surface area contributed by atoms with Crippen molar-refractivity contribution in [3.05, 3.63) is 17.3 Å². The molecule has 0 aliphatic carbocycles. The van der Waals surface area contributed by atoms with E-state index in [2.05, 4.69) is 18.8 Å². The number of nitrogens with two attached hydrogens (primary N) is 1. The highest BCUT2D eigenvalue weighted by Gasteiger charge is 2.05. The molecule has 1 aromatic rings. The quantitative estimate of drug-likeness (QED) is 0.636. The molecule has 1 rings (SSSR count). The fourth-order valence-corrected chi connectivity index (χ4v) is 2.16. The van der Waals surface area contributed by atoms with Gasteiger partial charge in [-0.15, -0.1) is 11.8 Å². The Kier molecular flexibility index (Phi) is 4.55. The van der Waals surface area contributed by atoms with E-state index in [0.29, 0.717) is 16.8 Å². The van der Waals surface area contributed by atoms with Crippen molar-refractivity contribution in [1.82, 2.24) is 4.98 Å². The highest BCUT2D eigenvalue weighted by atomic mass is 35.5. The number of rotatable bonds is 4. The second-order valence-electron chi connectivity index (χ2n) is 3.35. The number of pyridine rings is 1. The van der Waals surface area contributed by atoms with Crippen molar-refractivity contribution in [3.63, 3.8) is 0 Å². The summed E-state index contributed by atoms with van der Waals surface area (Å²) < 4.78 is 0. The number of nitrogens with zero attached hydrogens (tertiary/aromatic N) is 1. The maximum absolute atomic E-state index is 5.79. The number of thioether (sulfide) groups is 1. The zero-order valence-corrected chi connectivity index (χ0v) is 10.0. The van der Waals surface area contributed by atoms with Crippen LogP contribution in [0.1, 0.15) is 20.3 Å². The summed E-state index contributed by atoms with van der Waals surface area (Å²) in [5, 5.41) is 1.35. The van der Waals surface area contributed by atoms with Gasteiger partial charge in [0.15, 0.2) is 0 Å². The molecule has 0 spiro atoms. The summed E-state index contributed by atoms with van der Waals surface area (Å²) >= 11 is 7.46. The Morgan fingerprint density at radius 1 is 1.57 bits per heavy atom. The van der Waals surface area contributed by atoms with Crippen molar-refractivity contribution in [1.29, 1.82) is 0 Å². The Hall–Kier alpha value is -0.410. The summed E-state index contributed by atoms with van der Waals surface area (Å²) in [5.41, 5.74) is 6.49. The maximum atomic E-state index is 5.79. The van der Waals surface area contributed by atoms with Crippen molar-refractivity contribution in [2.45, 2.75) is 25.3 Å². The summed E-state index contributed by atoms with van der Waals surface area (Å²) in [7, 11) is 0. The summed E-state index contributed by atoms with van der Waals surface area (Å²) in [4.78, 5) is 4.18. The number of hydrogen-bond acceptors (Lipinski definition) is 3. The number of halogens is 1. The molecule has 1 unspecified atom stereocenters. The minimum absolute atomic E-state index is 0.505. The van der Waals surface area contributed by atoms with Crippen LogP contribution < -0.4 is 5.73 Å². The third-order valence-corrected chi connectivity index (χ3v) is 3.60. The smallest absolute Gasteiger partial charge is 0.130 e. The Morgan fingerprint density at radius 2 is 2.29 bits per heavy atom. The molecular formula is C10H15ClN2S. The molecular weight excluding hydrogens is 216 g/mol. The van der Waals surface area contributed by atoms with Gasteiger partial charge in [0.25, 0.3) is 0 Å². The van der Waals surface area contributed by atoms with E-state index in [1.807, 2.05) is 0 Å². The molecule has 0 aromatic carbocycles. The standard InChI is InChI=1S/C10H15ClN2S/c1-3-7(2)6-14-10-8(12)4-5-9(11)13-10/h4-5,7H,3,6,12H2,1-2H3. The second-order valence-corrected chi connectivity index (χ2v) is 4.75. The monoisotopic (exact) mass is 230 g/mol. The van der Waals surface area contributed by atoms with Crippen molar-refractivity contribution in [3.8, 4) is 0 Å². The van der Waals surface area contributed by atoms with Crippen molar-refractivity contribution < 1.29 is 0 Å². The van der Waals surface area contributed by atoms with Crippen LogP contribution in [-0.2, 0) is 0 Å². The lowest BCUT2D eigenvalue weighted by atomic mass is 10.2. The van der Waals surface area contributed by atoms with Gasteiger partial charge in [-0.2, -0.15) is 0 Å². The van der Waals surface area contributed by atoms with Crippen LogP contribution in [-0.4, -0.2) is 10.7 Å². The number of nitrogen functional groups attached to an aromatic ring is 1. The number of anilines is 1. The first-order valence-electron chi connectivity index (χ1n) is 4.68. The molecule has 0 saturated carbocycles. The lowest BCUT2D eigenvalue weighted by molar-refractivity contribution is 0.636. The summed E-state index contributed by atoms with van der Waals surface area (Å²) in [6.07, 6.45) is 1.17. The first kappa shape index (κ1) is 11.7. The third-order valence-electron chi connectivity index (χ3n) is 2.06. The summed E-state index contributed by atoms with van der Waals surface area (Å²) in [5.74, 6) is 1.72. The second kappa shape index (κ2) is 5.47. The zero-order chi connectivity index (χ0) is 10.6. The van der Waals surface area contributed by atoms with E-state index < -0.39 is 0 Å². The van der Waals surface area contributed by atoms with Crippen molar-refractivity contribution in [2.75, 3.05) is 11.5 Å². The van der Waals surface area contributed by atoms with E-state index in [-0.39, 0.29) is 0 Å². The summed E-state index contributed by atoms with van der Waals surface area (Å²) in [6.45, 7) is 4.40. The van der Waals surface area contributed by atoms with Crippen LogP contribution in [0.25, 0.3) is 0 Å². The average Bonchev–Trinajstić information content (AvgIpc) is 2.19. The Morgan fingerprint density at radius 3 is 2.93 bits per heavy atom. The van der Waals surface area contributed by atoms with Gasteiger partial charge in [0.1, 0.15) is 10.2 Å². The van der Waals surface area contributed by atoms with Gasteiger partial charge in [-0.1, -0.05) is 31.9 Å². The van der Waals surface area contributed by atoms with Crippen LogP contribution >= 0.6 is 23.4 Å². The number of hydrogen-bond donors (Lipinski definition) is 1. The fourth-order valence-electron chi connectivity index (χ4n) is 0.883. The van der Waals surface area contributed by atoms with Crippen LogP contribution in [0.5, 0.6) is 0 Å². The van der Waals surface area contributed by atoms with Gasteiger partial charge in [-0.3, -0.25) is 0 Å². The van der Waals surface area contributed by atoms with Crippen LogP contribution in [0.3, 0.4) is 0 Å². The third kappa shape index (κ3) is 3.39. The first-order valence-corrected chi connectivity index (χ1v) is 6.04. The molecule has 2 nitrogen and oxygen atoms in total. The Balaban J connectivity index is 2.62. The van der Waals surface area contributed by atoms with Crippen molar-refractivity contribution in [2.24, 2.45) is 5.92 Å². The van der Waals surface area contributed by atoms with Crippen LogP contribution in [0, 0.1) is 5.92 Å². The maximum Gasteiger partial charge on any atom is 0.130 e. The van der Waals surface area contributed by atoms with Gasteiger partial charge in [-0.05, 0) is 18.1 Å². The van der Waals surface area contributed by atoms with Gasteiger partial charge in [0, 0.05) is 5.75 Å². The Bertz CT molecular complexity index is 304. The van der Waals surface area contributed by atoms with E-state index in [4.69, 9.17) is 17.3 Å². The largest absolute Gasteiger partial charge is 0.397 e. The molecule has 2 N–H and O–H groups in total. The molecule has 1 aromatic heterocycles. The van der Waals surface area contributed by atoms with E-state index in [0.717, 1.165) is 10.8 Å². The predicted octanol–water partition coefficient (Wildman–Crippen LogP) is 3.46. The fraction of sp³-hybridized carbons (Fsp3) is 0.500. The number of aromatic nitrogens is 1. The van der Waals surface area contributed by atoms with Crippen molar-refractivity contribution >= 4 is 29.1 Å². The van der Waals surface area contributed by atoms with Crippen LogP contribution in [0.2, 0.25) is 5.15 Å². The molecule has 0 fully saturated rings. The van der Waals surface area contributed by atoms with Crippen LogP contribution in [0.15, 0.2) is 17.2 Å². The van der Waals surface area contributed by atoms with E-state index >= 15 is 0 Å². The van der Waals surface area contributed by atoms with Gasteiger partial charge >= 0.3 is 0 Å². The van der Waals surface area contributed by atoms with Crippen LogP contribution in [0.4, 0.5) is 5.69 Å². The van der Waals surface area contributed by atoms with Gasteiger partial charge in [0.05, 0.1) is 5.69 Å². The minimum Gasteiger partial charge on any atom is -0.397 e.